The largest absolute Gasteiger partial charge is 0.454 e. The molecule has 0 radical (unpaired) electrons. The minimum absolute atomic E-state index is 0.182. The van der Waals surface area contributed by atoms with Crippen LogP contribution in [-0.2, 0) is 11.8 Å². The predicted molar refractivity (Wildman–Crippen MR) is 77.9 cm³/mol. The van der Waals surface area contributed by atoms with E-state index in [9.17, 15) is 4.79 Å². The molecular formula is C15H17N3O4. The van der Waals surface area contributed by atoms with E-state index in [4.69, 9.17) is 14.2 Å². The normalized spacial score (nSPS) is 13.9. The van der Waals surface area contributed by atoms with E-state index in [1.54, 1.807) is 36.2 Å². The lowest BCUT2D eigenvalue weighted by Crippen LogP contribution is -2.32. The van der Waals surface area contributed by atoms with Crippen LogP contribution < -0.4 is 14.8 Å². The Morgan fingerprint density at radius 1 is 1.41 bits per heavy atom. The third kappa shape index (κ3) is 2.75. The van der Waals surface area contributed by atoms with Crippen molar-refractivity contribution in [3.05, 3.63) is 41.7 Å². The summed E-state index contributed by atoms with van der Waals surface area (Å²) >= 11 is 0. The maximum absolute atomic E-state index is 12.4. The molecular weight excluding hydrogens is 286 g/mol. The zero-order valence-electron chi connectivity index (χ0n) is 12.4. The monoisotopic (exact) mass is 303 g/mol. The Balaban J connectivity index is 1.78. The fourth-order valence-electron chi connectivity index (χ4n) is 2.37. The van der Waals surface area contributed by atoms with Gasteiger partial charge < -0.3 is 19.5 Å². The van der Waals surface area contributed by atoms with E-state index < -0.39 is 0 Å². The van der Waals surface area contributed by atoms with Crippen LogP contribution in [0.3, 0.4) is 0 Å². The van der Waals surface area contributed by atoms with Gasteiger partial charge in [-0.3, -0.25) is 9.48 Å². The third-order valence-corrected chi connectivity index (χ3v) is 3.49. The van der Waals surface area contributed by atoms with E-state index >= 15 is 0 Å². The van der Waals surface area contributed by atoms with Crippen molar-refractivity contribution in [3.63, 3.8) is 0 Å². The number of nitrogens with zero attached hydrogens (tertiary/aromatic N) is 2. The van der Waals surface area contributed by atoms with Crippen LogP contribution in [0.15, 0.2) is 30.5 Å². The van der Waals surface area contributed by atoms with E-state index in [2.05, 4.69) is 10.4 Å². The minimum Gasteiger partial charge on any atom is -0.454 e. The van der Waals surface area contributed by atoms with Gasteiger partial charge in [-0.15, -0.1) is 0 Å². The summed E-state index contributed by atoms with van der Waals surface area (Å²) in [5.74, 6) is 1.02. The van der Waals surface area contributed by atoms with Gasteiger partial charge in [0.05, 0.1) is 18.3 Å². The summed E-state index contributed by atoms with van der Waals surface area (Å²) in [6, 6.07) is 6.67. The van der Waals surface area contributed by atoms with Crippen molar-refractivity contribution in [2.45, 2.75) is 6.04 Å². The molecule has 1 aliphatic rings. The van der Waals surface area contributed by atoms with E-state index in [0.717, 1.165) is 5.69 Å². The van der Waals surface area contributed by atoms with Crippen LogP contribution in [0, 0.1) is 0 Å². The highest BCUT2D eigenvalue weighted by molar-refractivity contribution is 5.95. The molecule has 1 aromatic carbocycles. The first-order valence-corrected chi connectivity index (χ1v) is 6.86. The van der Waals surface area contributed by atoms with Crippen LogP contribution in [0.2, 0.25) is 0 Å². The van der Waals surface area contributed by atoms with E-state index in [1.807, 2.05) is 13.1 Å². The number of hydrogen-bond donors (Lipinski definition) is 1. The average molecular weight is 303 g/mol. The Labute approximate surface area is 127 Å². The molecule has 3 rings (SSSR count). The Morgan fingerprint density at radius 3 is 2.95 bits per heavy atom. The first kappa shape index (κ1) is 14.4. The first-order valence-electron chi connectivity index (χ1n) is 6.86. The van der Waals surface area contributed by atoms with Crippen LogP contribution in [0.25, 0.3) is 0 Å². The molecule has 7 nitrogen and oxygen atoms in total. The predicted octanol–water partition coefficient (Wildman–Crippen LogP) is 1.27. The number of nitrogens with one attached hydrogen (secondary N) is 1. The van der Waals surface area contributed by atoms with Crippen molar-refractivity contribution in [1.29, 1.82) is 0 Å². The highest BCUT2D eigenvalue weighted by Crippen LogP contribution is 2.32. The Hall–Kier alpha value is -2.54. The molecule has 0 unspecified atom stereocenters. The van der Waals surface area contributed by atoms with Crippen molar-refractivity contribution in [1.82, 2.24) is 15.1 Å². The van der Waals surface area contributed by atoms with Gasteiger partial charge in [-0.25, -0.2) is 0 Å². The molecule has 0 fully saturated rings. The number of benzene rings is 1. The molecule has 2 heterocycles. The molecule has 7 heteroatoms. The van der Waals surface area contributed by atoms with Crippen molar-refractivity contribution in [3.8, 4) is 11.5 Å². The maximum Gasteiger partial charge on any atom is 0.252 e. The van der Waals surface area contributed by atoms with Gasteiger partial charge in [0.15, 0.2) is 11.5 Å². The van der Waals surface area contributed by atoms with Gasteiger partial charge in [-0.1, -0.05) is 0 Å². The lowest BCUT2D eigenvalue weighted by molar-refractivity contribution is 0.0892. The topological polar surface area (TPSA) is 74.6 Å². The Kier molecular flexibility index (Phi) is 3.97. The number of ether oxygens (including phenoxy) is 3. The van der Waals surface area contributed by atoms with Gasteiger partial charge in [0.25, 0.3) is 5.91 Å². The summed E-state index contributed by atoms with van der Waals surface area (Å²) in [4.78, 5) is 12.4. The van der Waals surface area contributed by atoms with Gasteiger partial charge in [0, 0.05) is 25.9 Å². The van der Waals surface area contributed by atoms with E-state index in [-0.39, 0.29) is 18.7 Å². The molecule has 1 aromatic heterocycles. The van der Waals surface area contributed by atoms with Crippen LogP contribution in [0.1, 0.15) is 22.1 Å². The van der Waals surface area contributed by atoms with Gasteiger partial charge in [-0.05, 0) is 24.3 Å². The second kappa shape index (κ2) is 6.07. The Bertz CT molecular complexity index is 683. The average Bonchev–Trinajstić information content (AvgIpc) is 3.14. The number of hydrogen-bond acceptors (Lipinski definition) is 5. The summed E-state index contributed by atoms with van der Waals surface area (Å²) < 4.78 is 17.4. The van der Waals surface area contributed by atoms with Gasteiger partial charge in [-0.2, -0.15) is 5.10 Å². The van der Waals surface area contributed by atoms with Crippen LogP contribution >= 0.6 is 0 Å². The SMILES string of the molecule is COC[C@@H](NC(=O)c1ccc2c(c1)OCO2)c1ccnn1C. The second-order valence-corrected chi connectivity index (χ2v) is 4.93. The van der Waals surface area contributed by atoms with Crippen molar-refractivity contribution >= 4 is 5.91 Å². The van der Waals surface area contributed by atoms with E-state index in [1.165, 1.54) is 0 Å². The van der Waals surface area contributed by atoms with Gasteiger partial charge in [0.2, 0.25) is 6.79 Å². The van der Waals surface area contributed by atoms with Crippen LogP contribution in [-0.4, -0.2) is 36.2 Å². The zero-order valence-corrected chi connectivity index (χ0v) is 12.4. The number of methoxy groups -OCH3 is 1. The highest BCUT2D eigenvalue weighted by Gasteiger charge is 2.21. The third-order valence-electron chi connectivity index (χ3n) is 3.49. The number of aryl methyl sites for hydroxylation is 1. The standard InChI is InChI=1S/C15H17N3O4/c1-18-12(5-6-16-18)11(8-20-2)17-15(19)10-3-4-13-14(7-10)22-9-21-13/h3-7,11H,8-9H2,1-2H3,(H,17,19)/t11-/m1/s1. The molecule has 0 saturated carbocycles. The Morgan fingerprint density at radius 2 is 2.23 bits per heavy atom. The van der Waals surface area contributed by atoms with Gasteiger partial charge >= 0.3 is 0 Å². The summed E-state index contributed by atoms with van der Waals surface area (Å²) in [5.41, 5.74) is 1.38. The number of carbonyl (C=O) groups is 1. The number of amides is 1. The first-order chi connectivity index (χ1) is 10.7. The van der Waals surface area contributed by atoms with Crippen molar-refractivity contribution < 1.29 is 19.0 Å². The zero-order chi connectivity index (χ0) is 15.5. The van der Waals surface area contributed by atoms with Crippen LogP contribution in [0.4, 0.5) is 0 Å². The molecule has 0 spiro atoms. The minimum atomic E-state index is -0.282. The summed E-state index contributed by atoms with van der Waals surface area (Å²) in [6.07, 6.45) is 1.69. The molecule has 2 aromatic rings. The molecule has 1 N–H and O–H groups in total. The molecule has 116 valence electrons. The second-order valence-electron chi connectivity index (χ2n) is 4.93. The molecule has 1 aliphatic heterocycles. The van der Waals surface area contributed by atoms with E-state index in [0.29, 0.717) is 23.7 Å². The molecule has 0 aliphatic carbocycles. The lowest BCUT2D eigenvalue weighted by atomic mass is 10.1. The highest BCUT2D eigenvalue weighted by atomic mass is 16.7. The number of rotatable bonds is 5. The summed E-state index contributed by atoms with van der Waals surface area (Å²) in [7, 11) is 3.42. The molecule has 1 atom stereocenters. The molecule has 22 heavy (non-hydrogen) atoms. The fraction of sp³-hybridized carbons (Fsp3) is 0.333. The summed E-state index contributed by atoms with van der Waals surface area (Å²) in [6.45, 7) is 0.539. The summed E-state index contributed by atoms with van der Waals surface area (Å²) in [5, 5.41) is 7.07. The maximum atomic E-state index is 12.4. The van der Waals surface area contributed by atoms with Crippen molar-refractivity contribution in [2.24, 2.45) is 7.05 Å². The molecule has 0 saturated heterocycles. The number of carbonyl (C=O) groups excluding carboxylic acids is 1. The lowest BCUT2D eigenvalue weighted by Gasteiger charge is -2.18. The van der Waals surface area contributed by atoms with Gasteiger partial charge in [0.1, 0.15) is 0 Å². The van der Waals surface area contributed by atoms with Crippen molar-refractivity contribution in [2.75, 3.05) is 20.5 Å². The number of aromatic nitrogens is 2. The number of fused-ring (bicyclic) bond motifs is 1. The smallest absolute Gasteiger partial charge is 0.252 e. The fourth-order valence-corrected chi connectivity index (χ4v) is 2.37. The molecule has 1 amide bonds. The quantitative estimate of drug-likeness (QED) is 0.900. The molecule has 0 bridgehead atoms. The van der Waals surface area contributed by atoms with Crippen LogP contribution in [0.5, 0.6) is 11.5 Å².